The molecule has 0 fully saturated rings. The number of aryl methyl sites for hydroxylation is 1. The Morgan fingerprint density at radius 1 is 1.40 bits per heavy atom. The van der Waals surface area contributed by atoms with Gasteiger partial charge < -0.3 is 5.32 Å². The van der Waals surface area contributed by atoms with Gasteiger partial charge in [0.2, 0.25) is 10.0 Å². The highest BCUT2D eigenvalue weighted by Crippen LogP contribution is 2.18. The molecule has 0 aliphatic heterocycles. The van der Waals surface area contributed by atoms with Crippen LogP contribution in [0.3, 0.4) is 0 Å². The lowest BCUT2D eigenvalue weighted by Crippen LogP contribution is -2.25. The fourth-order valence-electron chi connectivity index (χ4n) is 1.76. The van der Waals surface area contributed by atoms with Gasteiger partial charge in [0.25, 0.3) is 0 Å². The summed E-state index contributed by atoms with van der Waals surface area (Å²) in [5.41, 5.74) is 2.71. The van der Waals surface area contributed by atoms with Crippen LogP contribution in [-0.2, 0) is 23.1 Å². The van der Waals surface area contributed by atoms with Crippen molar-refractivity contribution in [2.24, 2.45) is 0 Å². The minimum atomic E-state index is -3.59. The van der Waals surface area contributed by atoms with Crippen molar-refractivity contribution in [1.29, 1.82) is 0 Å². The summed E-state index contributed by atoms with van der Waals surface area (Å²) in [6.45, 7) is 5.05. The van der Waals surface area contributed by atoms with Crippen LogP contribution in [0.2, 0.25) is 0 Å². The molecule has 0 spiro atoms. The van der Waals surface area contributed by atoms with Gasteiger partial charge in [0.05, 0.1) is 16.9 Å². The van der Waals surface area contributed by atoms with E-state index < -0.39 is 10.0 Å². The Bertz CT molecular complexity index is 648. The van der Waals surface area contributed by atoms with E-state index in [1.165, 1.54) is 11.3 Å². The molecular weight excluding hydrogens is 298 g/mol. The fourth-order valence-corrected chi connectivity index (χ4v) is 3.75. The fraction of sp³-hybridized carbons (Fsp3) is 0.455. The van der Waals surface area contributed by atoms with E-state index in [0.29, 0.717) is 17.9 Å². The van der Waals surface area contributed by atoms with Gasteiger partial charge in [-0.25, -0.2) is 13.1 Å². The summed E-state index contributed by atoms with van der Waals surface area (Å²) in [5.74, 6) is 0. The summed E-state index contributed by atoms with van der Waals surface area (Å²) in [4.78, 5) is 5.01. The minimum Gasteiger partial charge on any atom is -0.311 e. The lowest BCUT2D eigenvalue weighted by molar-refractivity contribution is 0.578. The van der Waals surface area contributed by atoms with Crippen LogP contribution in [-0.4, -0.2) is 30.1 Å². The van der Waals surface area contributed by atoms with Crippen LogP contribution in [0.15, 0.2) is 16.6 Å². The second-order valence-electron chi connectivity index (χ2n) is 4.20. The number of hydrogen-bond acceptors (Lipinski definition) is 6. The molecular formula is C11H17N5O2S2. The Balaban J connectivity index is 2.18. The quantitative estimate of drug-likeness (QED) is 0.700. The molecule has 7 nitrogen and oxygen atoms in total. The van der Waals surface area contributed by atoms with Gasteiger partial charge in [-0.2, -0.15) is 5.10 Å². The highest BCUT2D eigenvalue weighted by molar-refractivity contribution is 7.89. The van der Waals surface area contributed by atoms with Gasteiger partial charge in [0.15, 0.2) is 0 Å². The molecule has 20 heavy (non-hydrogen) atoms. The lowest BCUT2D eigenvalue weighted by Gasteiger charge is -2.07. The number of nitrogens with one attached hydrogen (secondary N) is 3. The first-order chi connectivity index (χ1) is 9.54. The molecule has 0 aliphatic rings. The molecule has 2 aromatic rings. The number of sulfonamides is 1. The van der Waals surface area contributed by atoms with Crippen molar-refractivity contribution in [2.45, 2.75) is 31.8 Å². The second kappa shape index (κ2) is 6.44. The van der Waals surface area contributed by atoms with Crippen molar-refractivity contribution in [1.82, 2.24) is 25.2 Å². The van der Waals surface area contributed by atoms with E-state index in [0.717, 1.165) is 11.4 Å². The number of rotatable bonds is 7. The molecule has 9 heteroatoms. The Morgan fingerprint density at radius 3 is 2.85 bits per heavy atom. The van der Waals surface area contributed by atoms with E-state index in [1.54, 1.807) is 18.6 Å². The number of thiazole rings is 1. The maximum absolute atomic E-state index is 12.4. The average molecular weight is 315 g/mol. The number of aromatic amines is 1. The van der Waals surface area contributed by atoms with E-state index in [4.69, 9.17) is 0 Å². The molecule has 0 amide bonds. The van der Waals surface area contributed by atoms with E-state index in [-0.39, 0.29) is 11.4 Å². The Hall–Kier alpha value is -1.29. The van der Waals surface area contributed by atoms with Crippen molar-refractivity contribution in [3.8, 4) is 0 Å². The maximum Gasteiger partial charge on any atom is 0.244 e. The number of nitrogens with zero attached hydrogens (tertiary/aromatic N) is 2. The monoisotopic (exact) mass is 315 g/mol. The average Bonchev–Trinajstić information content (AvgIpc) is 3.03. The summed E-state index contributed by atoms with van der Waals surface area (Å²) in [6, 6.07) is 0. The third kappa shape index (κ3) is 3.42. The molecule has 0 aliphatic carbocycles. The molecule has 2 heterocycles. The normalized spacial score (nSPS) is 11.9. The van der Waals surface area contributed by atoms with Gasteiger partial charge in [-0.15, -0.1) is 11.3 Å². The number of hydrogen-bond donors (Lipinski definition) is 3. The number of aromatic nitrogens is 3. The van der Waals surface area contributed by atoms with E-state index in [9.17, 15) is 8.42 Å². The molecule has 0 saturated carbocycles. The molecule has 2 rings (SSSR count). The molecule has 0 unspecified atom stereocenters. The molecule has 2 aromatic heterocycles. The summed E-state index contributed by atoms with van der Waals surface area (Å²) < 4.78 is 27.3. The Labute approximate surface area is 121 Å². The van der Waals surface area contributed by atoms with Crippen LogP contribution < -0.4 is 10.0 Å². The van der Waals surface area contributed by atoms with Gasteiger partial charge in [-0.05, 0) is 13.5 Å². The number of H-pyrrole nitrogens is 1. The van der Waals surface area contributed by atoms with Crippen molar-refractivity contribution >= 4 is 21.4 Å². The van der Waals surface area contributed by atoms with Crippen molar-refractivity contribution in [2.75, 3.05) is 6.54 Å². The SMILES string of the molecule is CCNCc1n[nH]c(C)c1S(=O)(=O)NCc1cncs1. The highest BCUT2D eigenvalue weighted by atomic mass is 32.2. The Kier molecular flexibility index (Phi) is 4.86. The second-order valence-corrected chi connectivity index (χ2v) is 6.87. The lowest BCUT2D eigenvalue weighted by atomic mass is 10.3. The summed E-state index contributed by atoms with van der Waals surface area (Å²) >= 11 is 1.41. The largest absolute Gasteiger partial charge is 0.311 e. The zero-order valence-electron chi connectivity index (χ0n) is 11.3. The third-order valence-electron chi connectivity index (χ3n) is 2.69. The summed E-state index contributed by atoms with van der Waals surface area (Å²) in [6.07, 6.45) is 1.65. The first-order valence-corrected chi connectivity index (χ1v) is 8.52. The predicted octanol–water partition coefficient (Wildman–Crippen LogP) is 0.763. The van der Waals surface area contributed by atoms with Gasteiger partial charge >= 0.3 is 0 Å². The van der Waals surface area contributed by atoms with Crippen LogP contribution in [0, 0.1) is 6.92 Å². The van der Waals surface area contributed by atoms with E-state index in [1.807, 2.05) is 6.92 Å². The first kappa shape index (κ1) is 15.1. The van der Waals surface area contributed by atoms with Crippen molar-refractivity contribution in [3.05, 3.63) is 28.0 Å². The van der Waals surface area contributed by atoms with E-state index in [2.05, 4.69) is 25.2 Å². The van der Waals surface area contributed by atoms with Gasteiger partial charge in [0, 0.05) is 24.2 Å². The van der Waals surface area contributed by atoms with Crippen molar-refractivity contribution < 1.29 is 8.42 Å². The van der Waals surface area contributed by atoms with Crippen LogP contribution in [0.5, 0.6) is 0 Å². The van der Waals surface area contributed by atoms with Gasteiger partial charge in [-0.3, -0.25) is 10.1 Å². The molecule has 0 atom stereocenters. The third-order valence-corrected chi connectivity index (χ3v) is 5.08. The topological polar surface area (TPSA) is 99.8 Å². The molecule has 0 aromatic carbocycles. The highest BCUT2D eigenvalue weighted by Gasteiger charge is 2.23. The molecule has 0 bridgehead atoms. The van der Waals surface area contributed by atoms with Gasteiger partial charge in [-0.1, -0.05) is 6.92 Å². The van der Waals surface area contributed by atoms with Gasteiger partial charge in [0.1, 0.15) is 4.90 Å². The maximum atomic E-state index is 12.4. The zero-order chi connectivity index (χ0) is 14.6. The van der Waals surface area contributed by atoms with Crippen LogP contribution in [0.4, 0.5) is 0 Å². The summed E-state index contributed by atoms with van der Waals surface area (Å²) in [7, 11) is -3.59. The zero-order valence-corrected chi connectivity index (χ0v) is 12.9. The van der Waals surface area contributed by atoms with E-state index >= 15 is 0 Å². The predicted molar refractivity (Wildman–Crippen MR) is 76.8 cm³/mol. The smallest absolute Gasteiger partial charge is 0.244 e. The molecule has 110 valence electrons. The van der Waals surface area contributed by atoms with Crippen LogP contribution in [0.1, 0.15) is 23.2 Å². The summed E-state index contributed by atoms with van der Waals surface area (Å²) in [5, 5.41) is 9.85. The molecule has 0 saturated heterocycles. The molecule has 3 N–H and O–H groups in total. The first-order valence-electron chi connectivity index (χ1n) is 6.16. The Morgan fingerprint density at radius 2 is 2.20 bits per heavy atom. The standard InChI is InChI=1S/C11H17N5O2S2/c1-3-12-6-10-11(8(2)15-16-10)20(17,18)14-5-9-4-13-7-19-9/h4,7,12,14H,3,5-6H2,1-2H3,(H,15,16). The van der Waals surface area contributed by atoms with Crippen LogP contribution in [0.25, 0.3) is 0 Å². The minimum absolute atomic E-state index is 0.225. The van der Waals surface area contributed by atoms with Crippen LogP contribution >= 0.6 is 11.3 Å². The van der Waals surface area contributed by atoms with Crippen molar-refractivity contribution in [3.63, 3.8) is 0 Å². The molecule has 0 radical (unpaired) electrons.